The number of halogens is 2. The molecule has 1 aliphatic rings. The van der Waals surface area contributed by atoms with Crippen molar-refractivity contribution in [1.82, 2.24) is 9.97 Å². The maximum Gasteiger partial charge on any atom is 0.330 e. The predicted octanol–water partition coefficient (Wildman–Crippen LogP) is 7.09. The van der Waals surface area contributed by atoms with E-state index in [4.69, 9.17) is 37.7 Å². The third kappa shape index (κ3) is 6.46. The number of hydrogen-bond acceptors (Lipinski definition) is 7. The third-order valence-electron chi connectivity index (χ3n) is 7.19. The molecule has 46 heavy (non-hydrogen) atoms. The van der Waals surface area contributed by atoms with Gasteiger partial charge in [0.05, 0.1) is 38.7 Å². The number of methoxy groups -OCH3 is 2. The highest BCUT2D eigenvalue weighted by molar-refractivity contribution is 6.42. The van der Waals surface area contributed by atoms with E-state index in [-0.39, 0.29) is 52.1 Å². The first-order chi connectivity index (χ1) is 22.2. The predicted molar refractivity (Wildman–Crippen MR) is 179 cm³/mol. The monoisotopic (exact) mass is 660 g/mol. The topological polar surface area (TPSA) is 126 Å². The summed E-state index contributed by atoms with van der Waals surface area (Å²) in [6, 6.07) is 15.3. The van der Waals surface area contributed by atoms with Crippen molar-refractivity contribution in [3.05, 3.63) is 94.6 Å². The lowest BCUT2D eigenvalue weighted by Gasteiger charge is -2.37. The van der Waals surface area contributed by atoms with Crippen molar-refractivity contribution >= 4 is 63.9 Å². The van der Waals surface area contributed by atoms with Gasteiger partial charge in [-0.2, -0.15) is 0 Å². The zero-order chi connectivity index (χ0) is 33.0. The molecular weight excluding hydrogens is 631 g/mol. The lowest BCUT2D eigenvalue weighted by Crippen LogP contribution is -2.48. The van der Waals surface area contributed by atoms with Crippen molar-refractivity contribution in [2.45, 2.75) is 26.4 Å². The molecule has 1 aromatic heterocycles. The molecule has 2 heterocycles. The van der Waals surface area contributed by atoms with E-state index in [0.717, 1.165) is 0 Å². The molecular formula is C33H30Cl2N6O5. The smallest absolute Gasteiger partial charge is 0.330 e. The van der Waals surface area contributed by atoms with Crippen LogP contribution in [0.1, 0.15) is 24.5 Å². The Morgan fingerprint density at radius 1 is 1.02 bits per heavy atom. The van der Waals surface area contributed by atoms with Crippen LogP contribution in [0.4, 0.5) is 27.7 Å². The standard InChI is InChI=1S/C33H30Cl2N6O5/c1-5-26(42)37-21-11-9-10-19(14-21)17-41-32-20(16-36-31(39-32)22-12-7-8-13-23(22)38-27(43)6-2)18-40(33(41)44)30-28(34)24(45-3)15-25(46-4)29(30)35/h6-16H,2,5,17-18H2,1,3-4H3,(H,37,42)(H,38,43). The molecule has 1 aliphatic heterocycles. The number of carbonyl (C=O) groups excluding carboxylic acids is 3. The van der Waals surface area contributed by atoms with Crippen molar-refractivity contribution < 1.29 is 23.9 Å². The SMILES string of the molecule is C=CC(=O)Nc1ccccc1-c1ncc2c(n1)N(Cc1cccc(NC(=O)CC)c1)C(=O)N(c1c(Cl)c(OC)cc(OC)c1Cl)C2. The highest BCUT2D eigenvalue weighted by Crippen LogP contribution is 2.48. The molecule has 0 saturated carbocycles. The van der Waals surface area contributed by atoms with Crippen LogP contribution >= 0.6 is 23.2 Å². The van der Waals surface area contributed by atoms with Gasteiger partial charge in [-0.25, -0.2) is 14.8 Å². The minimum Gasteiger partial charge on any atom is -0.495 e. The largest absolute Gasteiger partial charge is 0.495 e. The first kappa shape index (κ1) is 32.3. The van der Waals surface area contributed by atoms with Gasteiger partial charge in [0.2, 0.25) is 11.8 Å². The number of nitrogens with one attached hydrogen (secondary N) is 2. The molecule has 0 unspecified atom stereocenters. The fourth-order valence-corrected chi connectivity index (χ4v) is 5.63. The molecule has 4 amide bonds. The Hall–Kier alpha value is -5.13. The van der Waals surface area contributed by atoms with Gasteiger partial charge in [-0.3, -0.25) is 19.4 Å². The maximum atomic E-state index is 14.5. The Bertz CT molecular complexity index is 1820. The van der Waals surface area contributed by atoms with Crippen molar-refractivity contribution in [3.8, 4) is 22.9 Å². The molecule has 0 bridgehead atoms. The van der Waals surface area contributed by atoms with Gasteiger partial charge in [-0.15, -0.1) is 0 Å². The zero-order valence-electron chi connectivity index (χ0n) is 25.3. The molecule has 3 aromatic carbocycles. The summed E-state index contributed by atoms with van der Waals surface area (Å²) in [6.45, 7) is 5.38. The van der Waals surface area contributed by atoms with Crippen molar-refractivity contribution in [1.29, 1.82) is 0 Å². The van der Waals surface area contributed by atoms with E-state index in [1.54, 1.807) is 61.7 Å². The number of fused-ring (bicyclic) bond motifs is 1. The zero-order valence-corrected chi connectivity index (χ0v) is 26.8. The second-order valence-corrected chi connectivity index (χ2v) is 10.9. The van der Waals surface area contributed by atoms with Crippen LogP contribution in [0.3, 0.4) is 0 Å². The number of ether oxygens (including phenoxy) is 2. The number of anilines is 4. The number of amides is 4. The summed E-state index contributed by atoms with van der Waals surface area (Å²) in [5.41, 5.74) is 3.12. The lowest BCUT2D eigenvalue weighted by atomic mass is 10.1. The second-order valence-electron chi connectivity index (χ2n) is 10.1. The Balaban J connectivity index is 1.65. The van der Waals surface area contributed by atoms with Gasteiger partial charge >= 0.3 is 6.03 Å². The Morgan fingerprint density at radius 3 is 2.41 bits per heavy atom. The maximum absolute atomic E-state index is 14.5. The van der Waals surface area contributed by atoms with Crippen LogP contribution < -0.4 is 29.9 Å². The number of aromatic nitrogens is 2. The average molecular weight is 662 g/mol. The summed E-state index contributed by atoms with van der Waals surface area (Å²) >= 11 is 13.5. The number of nitrogens with zero attached hydrogens (tertiary/aromatic N) is 4. The molecule has 0 radical (unpaired) electrons. The summed E-state index contributed by atoms with van der Waals surface area (Å²) in [4.78, 5) is 51.0. The summed E-state index contributed by atoms with van der Waals surface area (Å²) < 4.78 is 10.9. The molecule has 0 spiro atoms. The van der Waals surface area contributed by atoms with Crippen LogP contribution in [-0.4, -0.2) is 42.0 Å². The molecule has 13 heteroatoms. The van der Waals surface area contributed by atoms with E-state index in [9.17, 15) is 14.4 Å². The van der Waals surface area contributed by atoms with Crippen LogP contribution in [0.2, 0.25) is 10.0 Å². The highest BCUT2D eigenvalue weighted by Gasteiger charge is 2.37. The van der Waals surface area contributed by atoms with Gasteiger partial charge in [0.1, 0.15) is 27.4 Å². The molecule has 0 saturated heterocycles. The van der Waals surface area contributed by atoms with Gasteiger partial charge in [-0.1, -0.05) is 61.0 Å². The second kappa shape index (κ2) is 13.9. The first-order valence-corrected chi connectivity index (χ1v) is 14.9. The number of carbonyl (C=O) groups is 3. The number of urea groups is 1. The van der Waals surface area contributed by atoms with Gasteiger partial charge in [0.25, 0.3) is 0 Å². The summed E-state index contributed by atoms with van der Waals surface area (Å²) in [7, 11) is 2.90. The van der Waals surface area contributed by atoms with Gasteiger partial charge in [-0.05, 0) is 35.9 Å². The van der Waals surface area contributed by atoms with Crippen LogP contribution in [0.25, 0.3) is 11.4 Å². The van der Waals surface area contributed by atoms with Crippen molar-refractivity contribution in [3.63, 3.8) is 0 Å². The lowest BCUT2D eigenvalue weighted by molar-refractivity contribution is -0.116. The van der Waals surface area contributed by atoms with Crippen molar-refractivity contribution in [2.24, 2.45) is 0 Å². The average Bonchev–Trinajstić information content (AvgIpc) is 3.06. The molecule has 0 aliphatic carbocycles. The van der Waals surface area contributed by atoms with E-state index < -0.39 is 11.9 Å². The van der Waals surface area contributed by atoms with Crippen LogP contribution in [-0.2, 0) is 22.7 Å². The fraction of sp³-hybridized carbons (Fsp3) is 0.182. The Labute approximate surface area is 275 Å². The van der Waals surface area contributed by atoms with Gasteiger partial charge in [0, 0.05) is 35.5 Å². The Morgan fingerprint density at radius 2 is 1.74 bits per heavy atom. The van der Waals surface area contributed by atoms with Crippen LogP contribution in [0, 0.1) is 0 Å². The highest BCUT2D eigenvalue weighted by atomic mass is 35.5. The molecule has 11 nitrogen and oxygen atoms in total. The minimum absolute atomic E-state index is 0.0299. The van der Waals surface area contributed by atoms with Gasteiger partial charge in [0.15, 0.2) is 5.82 Å². The van der Waals surface area contributed by atoms with Crippen LogP contribution in [0.5, 0.6) is 11.5 Å². The van der Waals surface area contributed by atoms with E-state index in [1.807, 2.05) is 6.07 Å². The van der Waals surface area contributed by atoms with E-state index in [2.05, 4.69) is 22.2 Å². The van der Waals surface area contributed by atoms with E-state index >= 15 is 0 Å². The summed E-state index contributed by atoms with van der Waals surface area (Å²) in [6.07, 6.45) is 3.10. The van der Waals surface area contributed by atoms with E-state index in [0.29, 0.717) is 40.3 Å². The number of benzene rings is 3. The normalized spacial score (nSPS) is 12.3. The number of rotatable bonds is 10. The number of para-hydroxylation sites is 1. The third-order valence-corrected chi connectivity index (χ3v) is 7.92. The summed E-state index contributed by atoms with van der Waals surface area (Å²) in [5, 5.41) is 5.87. The van der Waals surface area contributed by atoms with Crippen molar-refractivity contribution in [2.75, 3.05) is 34.7 Å². The first-order valence-electron chi connectivity index (χ1n) is 14.2. The molecule has 2 N–H and O–H groups in total. The number of hydrogen-bond donors (Lipinski definition) is 2. The minimum atomic E-state index is -0.479. The Kier molecular flexibility index (Phi) is 9.74. The molecule has 236 valence electrons. The molecule has 4 aromatic rings. The molecule has 0 atom stereocenters. The van der Waals surface area contributed by atoms with Crippen LogP contribution in [0.15, 0.2) is 73.4 Å². The van der Waals surface area contributed by atoms with Gasteiger partial charge < -0.3 is 20.1 Å². The fourth-order valence-electron chi connectivity index (χ4n) is 4.92. The quantitative estimate of drug-likeness (QED) is 0.174. The molecule has 0 fully saturated rings. The molecule has 5 rings (SSSR count). The summed E-state index contributed by atoms with van der Waals surface area (Å²) in [5.74, 6) is 0.641. The van der Waals surface area contributed by atoms with E-state index in [1.165, 1.54) is 30.1 Å².